The fourth-order valence-electron chi connectivity index (χ4n) is 1.55. The van der Waals surface area contributed by atoms with Gasteiger partial charge in [0.2, 0.25) is 5.91 Å². The summed E-state index contributed by atoms with van der Waals surface area (Å²) in [6.07, 6.45) is -2.77. The van der Waals surface area contributed by atoms with Crippen molar-refractivity contribution in [2.45, 2.75) is 32.0 Å². The maximum atomic E-state index is 11.7. The number of carbonyl (C=O) groups excluding carboxylic acids is 2. The van der Waals surface area contributed by atoms with Crippen LogP contribution in [0.1, 0.15) is 40.4 Å². The molecule has 1 amide bonds. The standard InChI is InChI=1S/C13H17NO6S/c1-7(15)14-6-9(17)13(20)11-4-3-10(21-11)8(16)2-5-12(18)19/h3-4,9,13,17,20H,2,5-6H2,1H3,(H,14,15)(H,18,19). The lowest BCUT2D eigenvalue weighted by Crippen LogP contribution is -2.33. The van der Waals surface area contributed by atoms with Crippen LogP contribution in [0.5, 0.6) is 0 Å². The molecular formula is C13H17NO6S. The van der Waals surface area contributed by atoms with E-state index in [1.165, 1.54) is 19.1 Å². The van der Waals surface area contributed by atoms with E-state index in [1.807, 2.05) is 0 Å². The van der Waals surface area contributed by atoms with Crippen LogP contribution >= 0.6 is 11.3 Å². The second kappa shape index (κ2) is 7.87. The Labute approximate surface area is 125 Å². The number of aliphatic carboxylic acids is 1. The smallest absolute Gasteiger partial charge is 0.303 e. The molecule has 0 fully saturated rings. The van der Waals surface area contributed by atoms with E-state index >= 15 is 0 Å². The molecule has 1 aromatic heterocycles. The molecule has 0 aliphatic carbocycles. The van der Waals surface area contributed by atoms with E-state index in [2.05, 4.69) is 5.32 Å². The van der Waals surface area contributed by atoms with Crippen molar-refractivity contribution >= 4 is 29.0 Å². The summed E-state index contributed by atoms with van der Waals surface area (Å²) in [5, 5.41) is 30.5. The van der Waals surface area contributed by atoms with Crippen molar-refractivity contribution < 1.29 is 29.7 Å². The van der Waals surface area contributed by atoms with Crippen LogP contribution in [0.15, 0.2) is 12.1 Å². The number of ketones is 1. The van der Waals surface area contributed by atoms with E-state index in [4.69, 9.17) is 5.11 Å². The number of thiophene rings is 1. The second-order valence-electron chi connectivity index (χ2n) is 4.47. The summed E-state index contributed by atoms with van der Waals surface area (Å²) >= 11 is 0.998. The maximum Gasteiger partial charge on any atom is 0.303 e. The van der Waals surface area contributed by atoms with Gasteiger partial charge < -0.3 is 20.6 Å². The highest BCUT2D eigenvalue weighted by molar-refractivity contribution is 7.14. The number of nitrogens with one attached hydrogen (secondary N) is 1. The number of amides is 1. The second-order valence-corrected chi connectivity index (χ2v) is 5.58. The molecule has 0 aromatic carbocycles. The van der Waals surface area contributed by atoms with Gasteiger partial charge in [-0.05, 0) is 12.1 Å². The predicted molar refractivity (Wildman–Crippen MR) is 75.2 cm³/mol. The molecule has 21 heavy (non-hydrogen) atoms. The Balaban J connectivity index is 2.62. The summed E-state index contributed by atoms with van der Waals surface area (Å²) in [6, 6.07) is 2.98. The van der Waals surface area contributed by atoms with Gasteiger partial charge in [0, 0.05) is 24.8 Å². The number of hydrogen-bond donors (Lipinski definition) is 4. The molecule has 1 heterocycles. The average molecular weight is 315 g/mol. The molecule has 0 bridgehead atoms. The third kappa shape index (κ3) is 5.62. The molecule has 2 atom stereocenters. The lowest BCUT2D eigenvalue weighted by Gasteiger charge is -2.16. The van der Waals surface area contributed by atoms with E-state index in [-0.39, 0.29) is 31.1 Å². The van der Waals surface area contributed by atoms with Crippen molar-refractivity contribution in [2.24, 2.45) is 0 Å². The number of carboxylic acid groups (broad SMARTS) is 1. The van der Waals surface area contributed by atoms with Gasteiger partial charge in [-0.25, -0.2) is 0 Å². The topological polar surface area (TPSA) is 124 Å². The molecule has 7 nitrogen and oxygen atoms in total. The molecule has 0 saturated heterocycles. The summed E-state index contributed by atoms with van der Waals surface area (Å²) in [5.74, 6) is -1.69. The van der Waals surface area contributed by atoms with Gasteiger partial charge in [-0.1, -0.05) is 0 Å². The first-order valence-corrected chi connectivity index (χ1v) is 7.08. The maximum absolute atomic E-state index is 11.7. The highest BCUT2D eigenvalue weighted by atomic mass is 32.1. The Hall–Kier alpha value is -1.77. The number of carbonyl (C=O) groups is 3. The van der Waals surface area contributed by atoms with Crippen LogP contribution < -0.4 is 5.32 Å². The van der Waals surface area contributed by atoms with Crippen LogP contribution in [-0.4, -0.2) is 45.6 Å². The largest absolute Gasteiger partial charge is 0.481 e. The zero-order valence-corrected chi connectivity index (χ0v) is 12.2. The third-order valence-electron chi connectivity index (χ3n) is 2.68. The number of carboxylic acids is 1. The number of hydrogen-bond acceptors (Lipinski definition) is 6. The van der Waals surface area contributed by atoms with Gasteiger partial charge >= 0.3 is 5.97 Å². The van der Waals surface area contributed by atoms with Gasteiger partial charge in [0.05, 0.1) is 11.3 Å². The summed E-state index contributed by atoms with van der Waals surface area (Å²) in [4.78, 5) is 33.6. The molecular weight excluding hydrogens is 298 g/mol. The number of aliphatic hydroxyl groups is 2. The van der Waals surface area contributed by atoms with Crippen LogP contribution in [0.4, 0.5) is 0 Å². The summed E-state index contributed by atoms with van der Waals surface area (Å²) in [5.41, 5.74) is 0. The average Bonchev–Trinajstić information content (AvgIpc) is 2.90. The Morgan fingerprint density at radius 3 is 2.48 bits per heavy atom. The molecule has 4 N–H and O–H groups in total. The van der Waals surface area contributed by atoms with Crippen molar-refractivity contribution in [1.82, 2.24) is 5.32 Å². The molecule has 0 aliphatic heterocycles. The summed E-state index contributed by atoms with van der Waals surface area (Å²) in [7, 11) is 0. The normalized spacial score (nSPS) is 13.5. The molecule has 116 valence electrons. The summed E-state index contributed by atoms with van der Waals surface area (Å²) < 4.78 is 0. The minimum atomic E-state index is -1.22. The molecule has 0 radical (unpaired) electrons. The van der Waals surface area contributed by atoms with Crippen molar-refractivity contribution in [1.29, 1.82) is 0 Å². The first-order valence-electron chi connectivity index (χ1n) is 6.26. The SMILES string of the molecule is CC(=O)NCC(O)C(O)c1ccc(C(=O)CCC(=O)O)s1. The monoisotopic (exact) mass is 315 g/mol. The van der Waals surface area contributed by atoms with Crippen LogP contribution in [0, 0.1) is 0 Å². The van der Waals surface area contributed by atoms with Crippen LogP contribution in [0.2, 0.25) is 0 Å². The first-order chi connectivity index (χ1) is 9.81. The van der Waals surface area contributed by atoms with Crippen LogP contribution in [0.25, 0.3) is 0 Å². The molecule has 0 spiro atoms. The van der Waals surface area contributed by atoms with E-state index in [9.17, 15) is 24.6 Å². The number of Topliss-reactive ketones (excluding diaryl/α,β-unsaturated/α-hetero) is 1. The summed E-state index contributed by atoms with van der Waals surface area (Å²) in [6.45, 7) is 1.19. The predicted octanol–water partition coefficient (Wildman–Crippen LogP) is 0.326. The van der Waals surface area contributed by atoms with Gasteiger partial charge in [0.25, 0.3) is 0 Å². The molecule has 0 aliphatic rings. The third-order valence-corrected chi connectivity index (χ3v) is 3.88. The molecule has 8 heteroatoms. The highest BCUT2D eigenvalue weighted by Gasteiger charge is 2.21. The fraction of sp³-hybridized carbons (Fsp3) is 0.462. The van der Waals surface area contributed by atoms with Gasteiger partial charge in [-0.15, -0.1) is 11.3 Å². The zero-order chi connectivity index (χ0) is 16.0. The molecule has 1 rings (SSSR count). The van der Waals surface area contributed by atoms with Crippen LogP contribution in [-0.2, 0) is 9.59 Å². The van der Waals surface area contributed by atoms with Crippen molar-refractivity contribution in [3.63, 3.8) is 0 Å². The van der Waals surface area contributed by atoms with E-state index in [0.717, 1.165) is 11.3 Å². The zero-order valence-electron chi connectivity index (χ0n) is 11.4. The van der Waals surface area contributed by atoms with Gasteiger partial charge in [-0.2, -0.15) is 0 Å². The molecule has 0 saturated carbocycles. The lowest BCUT2D eigenvalue weighted by atomic mass is 10.1. The van der Waals surface area contributed by atoms with Crippen molar-refractivity contribution in [3.05, 3.63) is 21.9 Å². The Morgan fingerprint density at radius 1 is 1.24 bits per heavy atom. The van der Waals surface area contributed by atoms with E-state index < -0.39 is 18.2 Å². The first kappa shape index (κ1) is 17.3. The highest BCUT2D eigenvalue weighted by Crippen LogP contribution is 2.26. The van der Waals surface area contributed by atoms with Crippen molar-refractivity contribution in [2.75, 3.05) is 6.54 Å². The molecule has 1 aromatic rings. The quantitative estimate of drug-likeness (QED) is 0.512. The minimum Gasteiger partial charge on any atom is -0.481 e. The number of aliphatic hydroxyl groups excluding tert-OH is 2. The van der Waals surface area contributed by atoms with Gasteiger partial charge in [0.1, 0.15) is 12.2 Å². The minimum absolute atomic E-state index is 0.101. The molecule has 2 unspecified atom stereocenters. The van der Waals surface area contributed by atoms with Crippen LogP contribution in [0.3, 0.4) is 0 Å². The van der Waals surface area contributed by atoms with Gasteiger partial charge in [0.15, 0.2) is 5.78 Å². The fourth-order valence-corrected chi connectivity index (χ4v) is 2.57. The van der Waals surface area contributed by atoms with Crippen molar-refractivity contribution in [3.8, 4) is 0 Å². The van der Waals surface area contributed by atoms with E-state index in [0.29, 0.717) is 9.75 Å². The Bertz CT molecular complexity index is 526. The Kier molecular flexibility index (Phi) is 6.47. The van der Waals surface area contributed by atoms with Gasteiger partial charge in [-0.3, -0.25) is 14.4 Å². The number of rotatable bonds is 8. The Morgan fingerprint density at radius 2 is 1.90 bits per heavy atom. The van der Waals surface area contributed by atoms with E-state index in [1.54, 1.807) is 0 Å². The lowest BCUT2D eigenvalue weighted by molar-refractivity contribution is -0.137.